The number of hydrogen-bond acceptors (Lipinski definition) is 4. The quantitative estimate of drug-likeness (QED) is 0.348. The van der Waals surface area contributed by atoms with Crippen LogP contribution in [0.2, 0.25) is 0 Å². The van der Waals surface area contributed by atoms with Gasteiger partial charge in [0.15, 0.2) is 5.65 Å². The van der Waals surface area contributed by atoms with Crippen LogP contribution in [0.4, 0.5) is 5.69 Å². The molecule has 0 saturated heterocycles. The number of benzene rings is 3. The lowest BCUT2D eigenvalue weighted by Crippen LogP contribution is -2.12. The molecule has 0 aliphatic heterocycles. The molecule has 0 saturated carbocycles. The summed E-state index contributed by atoms with van der Waals surface area (Å²) < 4.78 is 3.84. The third-order valence-corrected chi connectivity index (χ3v) is 6.30. The molecule has 8 heteroatoms. The normalized spacial score (nSPS) is 11.7. The van der Waals surface area contributed by atoms with Crippen LogP contribution in [0.25, 0.3) is 44.6 Å². The van der Waals surface area contributed by atoms with E-state index in [2.05, 4.69) is 62.2 Å². The van der Waals surface area contributed by atoms with Crippen LogP contribution in [0.5, 0.6) is 0 Å². The highest BCUT2D eigenvalue weighted by molar-refractivity contribution is 6.09. The number of aromatic nitrogens is 5. The topological polar surface area (TPSA) is 97.6 Å². The summed E-state index contributed by atoms with van der Waals surface area (Å²) in [6.07, 6.45) is 6.12. The van der Waals surface area contributed by atoms with Crippen molar-refractivity contribution in [1.29, 1.82) is 0 Å². The SMILES string of the molecule is CCn1c2ccccc2c2cc(C=CC(=O)Nc3ccccc3-n3ncc4c(=O)[nH]cnc43)ccc21. The Morgan fingerprint density at radius 3 is 2.69 bits per heavy atom. The zero-order valence-electron chi connectivity index (χ0n) is 19.5. The summed E-state index contributed by atoms with van der Waals surface area (Å²) in [6, 6.07) is 21.8. The van der Waals surface area contributed by atoms with Gasteiger partial charge in [-0.05, 0) is 48.9 Å². The number of carbonyl (C=O) groups is 1. The fraction of sp³-hybridized carbons (Fsp3) is 0.0714. The summed E-state index contributed by atoms with van der Waals surface area (Å²) in [7, 11) is 0. The number of nitrogens with zero attached hydrogens (tertiary/aromatic N) is 4. The van der Waals surface area contributed by atoms with Gasteiger partial charge in [-0.3, -0.25) is 9.59 Å². The number of carbonyl (C=O) groups excluding carboxylic acids is 1. The molecular weight excluding hydrogens is 452 g/mol. The Morgan fingerprint density at radius 2 is 1.81 bits per heavy atom. The third kappa shape index (κ3) is 3.56. The molecule has 0 fully saturated rings. The molecule has 0 aliphatic rings. The maximum Gasteiger partial charge on any atom is 0.261 e. The van der Waals surface area contributed by atoms with Gasteiger partial charge in [-0.1, -0.05) is 36.4 Å². The van der Waals surface area contributed by atoms with E-state index in [0.29, 0.717) is 22.4 Å². The van der Waals surface area contributed by atoms with E-state index < -0.39 is 0 Å². The fourth-order valence-corrected chi connectivity index (χ4v) is 4.66. The van der Waals surface area contributed by atoms with Gasteiger partial charge in [0.2, 0.25) is 5.91 Å². The van der Waals surface area contributed by atoms with Crippen molar-refractivity contribution < 1.29 is 4.79 Å². The van der Waals surface area contributed by atoms with Crippen molar-refractivity contribution in [3.63, 3.8) is 0 Å². The molecular formula is C28H22N6O2. The number of aromatic amines is 1. The zero-order valence-corrected chi connectivity index (χ0v) is 19.5. The lowest BCUT2D eigenvalue weighted by atomic mass is 10.1. The highest BCUT2D eigenvalue weighted by atomic mass is 16.1. The van der Waals surface area contributed by atoms with Gasteiger partial charge in [0, 0.05) is 34.4 Å². The second-order valence-corrected chi connectivity index (χ2v) is 8.40. The predicted molar refractivity (Wildman–Crippen MR) is 142 cm³/mol. The number of para-hydroxylation sites is 3. The molecule has 3 heterocycles. The summed E-state index contributed by atoms with van der Waals surface area (Å²) in [4.78, 5) is 31.7. The first-order valence-electron chi connectivity index (χ1n) is 11.6. The average molecular weight is 475 g/mol. The minimum Gasteiger partial charge on any atom is -0.341 e. The molecule has 176 valence electrons. The summed E-state index contributed by atoms with van der Waals surface area (Å²) in [6.45, 7) is 3.03. The molecule has 6 aromatic rings. The molecule has 8 nitrogen and oxygen atoms in total. The second-order valence-electron chi connectivity index (χ2n) is 8.40. The van der Waals surface area contributed by atoms with Crippen molar-refractivity contribution in [2.24, 2.45) is 0 Å². The van der Waals surface area contributed by atoms with E-state index in [-0.39, 0.29) is 11.5 Å². The Labute approximate surface area is 205 Å². The highest BCUT2D eigenvalue weighted by Gasteiger charge is 2.13. The standard InChI is InChI=1S/C28H22N6O2/c1-2-33-23-9-5-3-7-19(23)20-15-18(11-13-24(20)33)12-14-26(35)32-22-8-4-6-10-25(22)34-27-21(16-31-34)28(36)30-17-29-27/h3-17H,2H2,1H3,(H,32,35)(H,29,30,36). The Morgan fingerprint density at radius 1 is 1.00 bits per heavy atom. The van der Waals surface area contributed by atoms with Crippen LogP contribution in [0.3, 0.4) is 0 Å². The maximum atomic E-state index is 12.8. The molecule has 0 bridgehead atoms. The van der Waals surface area contributed by atoms with Gasteiger partial charge in [0.1, 0.15) is 5.39 Å². The molecule has 0 aliphatic carbocycles. The average Bonchev–Trinajstić information content (AvgIpc) is 3.47. The van der Waals surface area contributed by atoms with Crippen LogP contribution in [0.15, 0.2) is 90.1 Å². The van der Waals surface area contributed by atoms with Crippen molar-refractivity contribution in [3.05, 3.63) is 101 Å². The summed E-state index contributed by atoms with van der Waals surface area (Å²) >= 11 is 0. The molecule has 0 unspecified atom stereocenters. The van der Waals surface area contributed by atoms with E-state index >= 15 is 0 Å². The van der Waals surface area contributed by atoms with Gasteiger partial charge >= 0.3 is 0 Å². The van der Waals surface area contributed by atoms with Crippen molar-refractivity contribution in [2.75, 3.05) is 5.32 Å². The molecule has 36 heavy (non-hydrogen) atoms. The molecule has 0 radical (unpaired) electrons. The molecule has 3 aromatic carbocycles. The van der Waals surface area contributed by atoms with Crippen LogP contribution >= 0.6 is 0 Å². The van der Waals surface area contributed by atoms with Gasteiger partial charge < -0.3 is 14.9 Å². The molecule has 6 rings (SSSR count). The number of nitrogens with one attached hydrogen (secondary N) is 2. The Bertz CT molecular complexity index is 1860. The van der Waals surface area contributed by atoms with E-state index in [9.17, 15) is 9.59 Å². The van der Waals surface area contributed by atoms with Crippen LogP contribution in [0, 0.1) is 0 Å². The first-order valence-corrected chi connectivity index (χ1v) is 11.6. The minimum atomic E-state index is -0.277. The van der Waals surface area contributed by atoms with Crippen molar-refractivity contribution in [3.8, 4) is 5.69 Å². The third-order valence-electron chi connectivity index (χ3n) is 6.30. The number of aryl methyl sites for hydroxylation is 1. The molecule has 0 spiro atoms. The number of hydrogen-bond donors (Lipinski definition) is 2. The highest BCUT2D eigenvalue weighted by Crippen LogP contribution is 2.30. The Balaban J connectivity index is 1.30. The fourth-order valence-electron chi connectivity index (χ4n) is 4.66. The molecule has 2 N–H and O–H groups in total. The minimum absolute atomic E-state index is 0.269. The van der Waals surface area contributed by atoms with E-state index in [0.717, 1.165) is 17.5 Å². The second kappa shape index (κ2) is 8.66. The van der Waals surface area contributed by atoms with E-state index in [1.54, 1.807) is 16.8 Å². The van der Waals surface area contributed by atoms with E-state index in [4.69, 9.17) is 0 Å². The number of rotatable bonds is 5. The van der Waals surface area contributed by atoms with Gasteiger partial charge in [-0.2, -0.15) is 5.10 Å². The number of anilines is 1. The Hall–Kier alpha value is -4.98. The monoisotopic (exact) mass is 474 g/mol. The van der Waals surface area contributed by atoms with Gasteiger partial charge in [0.05, 0.1) is 23.9 Å². The molecule has 3 aromatic heterocycles. The van der Waals surface area contributed by atoms with Crippen LogP contribution in [-0.2, 0) is 11.3 Å². The summed E-state index contributed by atoms with van der Waals surface area (Å²) in [5, 5.41) is 9.97. The lowest BCUT2D eigenvalue weighted by molar-refractivity contribution is -0.111. The van der Waals surface area contributed by atoms with E-state index in [1.165, 1.54) is 35.0 Å². The smallest absolute Gasteiger partial charge is 0.261 e. The van der Waals surface area contributed by atoms with Gasteiger partial charge in [-0.15, -0.1) is 0 Å². The van der Waals surface area contributed by atoms with Crippen molar-refractivity contribution in [2.45, 2.75) is 13.5 Å². The van der Waals surface area contributed by atoms with E-state index in [1.807, 2.05) is 30.3 Å². The summed E-state index contributed by atoms with van der Waals surface area (Å²) in [5.74, 6) is -0.277. The van der Waals surface area contributed by atoms with Gasteiger partial charge in [-0.25, -0.2) is 9.67 Å². The first-order chi connectivity index (χ1) is 17.6. The number of H-pyrrole nitrogens is 1. The predicted octanol–water partition coefficient (Wildman–Crippen LogP) is 4.89. The molecule has 1 amide bonds. The maximum absolute atomic E-state index is 12.8. The molecule has 0 atom stereocenters. The largest absolute Gasteiger partial charge is 0.341 e. The van der Waals surface area contributed by atoms with Gasteiger partial charge in [0.25, 0.3) is 5.56 Å². The van der Waals surface area contributed by atoms with Crippen molar-refractivity contribution >= 4 is 50.5 Å². The van der Waals surface area contributed by atoms with Crippen LogP contribution in [-0.4, -0.2) is 30.2 Å². The van der Waals surface area contributed by atoms with Crippen molar-refractivity contribution in [1.82, 2.24) is 24.3 Å². The number of fused-ring (bicyclic) bond motifs is 4. The van der Waals surface area contributed by atoms with Crippen LogP contribution < -0.4 is 10.9 Å². The first kappa shape index (κ1) is 21.5. The summed E-state index contributed by atoms with van der Waals surface area (Å²) in [5.41, 5.74) is 4.62. The lowest BCUT2D eigenvalue weighted by Gasteiger charge is -2.10. The van der Waals surface area contributed by atoms with Crippen LogP contribution in [0.1, 0.15) is 12.5 Å². The number of amides is 1. The zero-order chi connectivity index (χ0) is 24.6. The Kier molecular flexibility index (Phi) is 5.19.